The van der Waals surface area contributed by atoms with Gasteiger partial charge in [0.25, 0.3) is 5.69 Å². The number of rotatable bonds is 3. The lowest BCUT2D eigenvalue weighted by atomic mass is 9.99. The van der Waals surface area contributed by atoms with E-state index in [4.69, 9.17) is 16.7 Å². The number of nitro benzene ring substituents is 1. The molecule has 2 aromatic carbocycles. The van der Waals surface area contributed by atoms with Crippen molar-refractivity contribution >= 4 is 23.3 Å². The standard InChI is InChI=1S/C13H8ClNO4/c14-11-6-5-8(7-12(11)15(18)19)9-3-1-2-4-10(9)13(16)17/h1-7H,(H,16,17). The van der Waals surface area contributed by atoms with Gasteiger partial charge in [0.1, 0.15) is 5.02 Å². The van der Waals surface area contributed by atoms with Gasteiger partial charge >= 0.3 is 5.97 Å². The minimum absolute atomic E-state index is 0.0153. The first-order valence-corrected chi connectivity index (χ1v) is 5.65. The molecule has 0 aromatic heterocycles. The number of nitro groups is 1. The molecule has 5 nitrogen and oxygen atoms in total. The van der Waals surface area contributed by atoms with Crippen LogP contribution in [0.2, 0.25) is 5.02 Å². The third-order valence-electron chi connectivity index (χ3n) is 2.61. The third kappa shape index (κ3) is 2.56. The van der Waals surface area contributed by atoms with Gasteiger partial charge in [-0.15, -0.1) is 0 Å². The van der Waals surface area contributed by atoms with Gasteiger partial charge in [-0.3, -0.25) is 10.1 Å². The summed E-state index contributed by atoms with van der Waals surface area (Å²) < 4.78 is 0. The van der Waals surface area contributed by atoms with Crippen LogP contribution in [0, 0.1) is 10.1 Å². The Kier molecular flexibility index (Phi) is 3.48. The Hall–Kier alpha value is -2.40. The fraction of sp³-hybridized carbons (Fsp3) is 0. The highest BCUT2D eigenvalue weighted by atomic mass is 35.5. The largest absolute Gasteiger partial charge is 0.478 e. The first kappa shape index (κ1) is 13.0. The number of carboxylic acids is 1. The van der Waals surface area contributed by atoms with Crippen molar-refractivity contribution in [3.05, 3.63) is 63.2 Å². The van der Waals surface area contributed by atoms with Crippen molar-refractivity contribution in [2.75, 3.05) is 0 Å². The quantitative estimate of drug-likeness (QED) is 0.686. The highest BCUT2D eigenvalue weighted by molar-refractivity contribution is 6.32. The van der Waals surface area contributed by atoms with Gasteiger partial charge in [-0.25, -0.2) is 4.79 Å². The summed E-state index contributed by atoms with van der Waals surface area (Å²) in [6, 6.07) is 10.5. The van der Waals surface area contributed by atoms with Crippen LogP contribution in [-0.4, -0.2) is 16.0 Å². The van der Waals surface area contributed by atoms with Gasteiger partial charge in [-0.05, 0) is 23.3 Å². The summed E-state index contributed by atoms with van der Waals surface area (Å²) >= 11 is 5.72. The molecule has 2 rings (SSSR count). The molecular weight excluding hydrogens is 270 g/mol. The van der Waals surface area contributed by atoms with E-state index >= 15 is 0 Å². The van der Waals surface area contributed by atoms with Crippen molar-refractivity contribution in [2.45, 2.75) is 0 Å². The summed E-state index contributed by atoms with van der Waals surface area (Å²) in [5.41, 5.74) is 0.683. The first-order chi connectivity index (χ1) is 9.00. The Morgan fingerprint density at radius 1 is 1.21 bits per heavy atom. The number of aromatic carboxylic acids is 1. The molecule has 2 aromatic rings. The van der Waals surface area contributed by atoms with Crippen molar-refractivity contribution in [1.82, 2.24) is 0 Å². The second kappa shape index (κ2) is 5.07. The predicted octanol–water partition coefficient (Wildman–Crippen LogP) is 3.61. The summed E-state index contributed by atoms with van der Waals surface area (Å²) in [5.74, 6) is -1.09. The van der Waals surface area contributed by atoms with Crippen molar-refractivity contribution in [2.24, 2.45) is 0 Å². The lowest BCUT2D eigenvalue weighted by Crippen LogP contribution is -1.99. The second-order valence-electron chi connectivity index (χ2n) is 3.77. The maximum Gasteiger partial charge on any atom is 0.336 e. The monoisotopic (exact) mass is 277 g/mol. The highest BCUT2D eigenvalue weighted by Gasteiger charge is 2.16. The van der Waals surface area contributed by atoms with Crippen molar-refractivity contribution in [3.8, 4) is 11.1 Å². The fourth-order valence-corrected chi connectivity index (χ4v) is 1.93. The molecule has 96 valence electrons. The van der Waals surface area contributed by atoms with Gasteiger partial charge < -0.3 is 5.11 Å². The molecule has 0 unspecified atom stereocenters. The number of benzene rings is 2. The Balaban J connectivity index is 2.63. The Labute approximate surface area is 113 Å². The zero-order valence-electron chi connectivity index (χ0n) is 9.54. The summed E-state index contributed by atoms with van der Waals surface area (Å²) in [4.78, 5) is 21.3. The normalized spacial score (nSPS) is 10.2. The summed E-state index contributed by atoms with van der Waals surface area (Å²) in [6.07, 6.45) is 0. The van der Waals surface area contributed by atoms with Gasteiger partial charge in [0.15, 0.2) is 0 Å². The van der Waals surface area contributed by atoms with E-state index in [0.29, 0.717) is 11.1 Å². The number of carboxylic acid groups (broad SMARTS) is 1. The van der Waals surface area contributed by atoms with Crippen LogP contribution in [0.1, 0.15) is 10.4 Å². The Morgan fingerprint density at radius 2 is 1.89 bits per heavy atom. The lowest BCUT2D eigenvalue weighted by Gasteiger charge is -2.06. The van der Waals surface area contributed by atoms with Gasteiger partial charge in [-0.2, -0.15) is 0 Å². The molecule has 6 heteroatoms. The van der Waals surface area contributed by atoms with E-state index in [-0.39, 0.29) is 16.3 Å². The third-order valence-corrected chi connectivity index (χ3v) is 2.93. The van der Waals surface area contributed by atoms with Crippen LogP contribution in [0.25, 0.3) is 11.1 Å². The minimum atomic E-state index is -1.09. The summed E-state index contributed by atoms with van der Waals surface area (Å²) in [7, 11) is 0. The zero-order valence-corrected chi connectivity index (χ0v) is 10.3. The van der Waals surface area contributed by atoms with Crippen molar-refractivity contribution in [1.29, 1.82) is 0 Å². The molecule has 0 aliphatic rings. The van der Waals surface area contributed by atoms with Gasteiger partial charge in [0.2, 0.25) is 0 Å². The van der Waals surface area contributed by atoms with Crippen LogP contribution < -0.4 is 0 Å². The number of carbonyl (C=O) groups is 1. The van der Waals surface area contributed by atoms with Crippen LogP contribution in [0.5, 0.6) is 0 Å². The smallest absolute Gasteiger partial charge is 0.336 e. The van der Waals surface area contributed by atoms with E-state index < -0.39 is 10.9 Å². The molecule has 0 saturated carbocycles. The molecule has 0 bridgehead atoms. The number of nitrogens with zero attached hydrogens (tertiary/aromatic N) is 1. The molecule has 0 radical (unpaired) electrons. The average molecular weight is 278 g/mol. The van der Waals surface area contributed by atoms with Crippen LogP contribution in [0.15, 0.2) is 42.5 Å². The molecule has 0 amide bonds. The molecule has 0 heterocycles. The molecular formula is C13H8ClNO4. The first-order valence-electron chi connectivity index (χ1n) is 5.27. The summed E-state index contributed by atoms with van der Waals surface area (Å²) in [6.45, 7) is 0. The molecule has 0 fully saturated rings. The number of halogens is 1. The fourth-order valence-electron chi connectivity index (χ4n) is 1.74. The number of hydrogen-bond acceptors (Lipinski definition) is 3. The van der Waals surface area contributed by atoms with Gasteiger partial charge in [0.05, 0.1) is 10.5 Å². The Bertz CT molecular complexity index is 669. The topological polar surface area (TPSA) is 80.4 Å². The van der Waals surface area contributed by atoms with Crippen LogP contribution in [0.3, 0.4) is 0 Å². The highest BCUT2D eigenvalue weighted by Crippen LogP contribution is 2.31. The maximum absolute atomic E-state index is 11.1. The molecule has 0 spiro atoms. The van der Waals surface area contributed by atoms with E-state index in [0.717, 1.165) is 0 Å². The van der Waals surface area contributed by atoms with Gasteiger partial charge in [-0.1, -0.05) is 35.9 Å². The molecule has 0 aliphatic heterocycles. The Morgan fingerprint density at radius 3 is 2.53 bits per heavy atom. The lowest BCUT2D eigenvalue weighted by molar-refractivity contribution is -0.384. The van der Waals surface area contributed by atoms with E-state index in [1.165, 1.54) is 18.2 Å². The van der Waals surface area contributed by atoms with Crippen LogP contribution in [-0.2, 0) is 0 Å². The summed E-state index contributed by atoms with van der Waals surface area (Å²) in [5, 5.41) is 19.9. The molecule has 19 heavy (non-hydrogen) atoms. The minimum Gasteiger partial charge on any atom is -0.478 e. The van der Waals surface area contributed by atoms with Crippen molar-refractivity contribution in [3.63, 3.8) is 0 Å². The molecule has 0 saturated heterocycles. The molecule has 0 aliphatic carbocycles. The zero-order chi connectivity index (χ0) is 14.0. The van der Waals surface area contributed by atoms with Gasteiger partial charge in [0, 0.05) is 6.07 Å². The number of hydrogen-bond donors (Lipinski definition) is 1. The molecule has 1 N–H and O–H groups in total. The van der Waals surface area contributed by atoms with E-state index in [2.05, 4.69) is 0 Å². The molecule has 0 atom stereocenters. The van der Waals surface area contributed by atoms with Crippen LogP contribution in [0.4, 0.5) is 5.69 Å². The van der Waals surface area contributed by atoms with E-state index in [9.17, 15) is 14.9 Å². The average Bonchev–Trinajstić information content (AvgIpc) is 2.39. The van der Waals surface area contributed by atoms with E-state index in [1.54, 1.807) is 24.3 Å². The predicted molar refractivity (Wildman–Crippen MR) is 70.5 cm³/mol. The second-order valence-corrected chi connectivity index (χ2v) is 4.18. The SMILES string of the molecule is O=C(O)c1ccccc1-c1ccc(Cl)c([N+](=O)[O-])c1. The van der Waals surface area contributed by atoms with E-state index in [1.807, 2.05) is 0 Å². The van der Waals surface area contributed by atoms with Crippen molar-refractivity contribution < 1.29 is 14.8 Å². The maximum atomic E-state index is 11.1. The van der Waals surface area contributed by atoms with Crippen LogP contribution >= 0.6 is 11.6 Å².